The molecule has 0 spiro atoms. The van der Waals surface area contributed by atoms with E-state index in [-0.39, 0.29) is 27.5 Å². The van der Waals surface area contributed by atoms with Crippen molar-refractivity contribution in [2.75, 3.05) is 13.7 Å². The Balaban J connectivity index is 1.80. The third-order valence-corrected chi connectivity index (χ3v) is 6.76. The number of ether oxygens (including phenoxy) is 1. The Labute approximate surface area is 172 Å². The third kappa shape index (κ3) is 4.97. The molecule has 0 aromatic heterocycles. The van der Waals surface area contributed by atoms with E-state index in [0.717, 1.165) is 12.8 Å². The molecule has 0 radical (unpaired) electrons. The summed E-state index contributed by atoms with van der Waals surface area (Å²) in [6.45, 7) is 5.79. The Morgan fingerprint density at radius 3 is 2.31 bits per heavy atom. The lowest BCUT2D eigenvalue weighted by molar-refractivity contribution is 0.0949. The van der Waals surface area contributed by atoms with Crippen molar-refractivity contribution in [2.45, 2.75) is 49.5 Å². The number of benzene rings is 2. The molecule has 7 heteroatoms. The first-order chi connectivity index (χ1) is 13.6. The molecule has 0 bridgehead atoms. The van der Waals surface area contributed by atoms with Crippen LogP contribution in [-0.4, -0.2) is 33.5 Å². The van der Waals surface area contributed by atoms with E-state index in [0.29, 0.717) is 6.54 Å². The van der Waals surface area contributed by atoms with Crippen LogP contribution in [0, 0.1) is 0 Å². The van der Waals surface area contributed by atoms with Crippen molar-refractivity contribution in [3.05, 3.63) is 59.7 Å². The van der Waals surface area contributed by atoms with Crippen LogP contribution >= 0.6 is 0 Å². The van der Waals surface area contributed by atoms with Gasteiger partial charge in [-0.05, 0) is 57.4 Å². The summed E-state index contributed by atoms with van der Waals surface area (Å²) in [5.74, 6) is -0.108. The van der Waals surface area contributed by atoms with Gasteiger partial charge in [-0.2, -0.15) is 0 Å². The van der Waals surface area contributed by atoms with Gasteiger partial charge >= 0.3 is 0 Å². The van der Waals surface area contributed by atoms with Crippen LogP contribution in [0.2, 0.25) is 0 Å². The number of hydrogen-bond acceptors (Lipinski definition) is 4. The second-order valence-electron chi connectivity index (χ2n) is 8.55. The van der Waals surface area contributed by atoms with Crippen molar-refractivity contribution in [2.24, 2.45) is 0 Å². The molecular formula is C22H28N2O4S. The fraction of sp³-hybridized carbons (Fsp3) is 0.409. The van der Waals surface area contributed by atoms with Gasteiger partial charge in [-0.25, -0.2) is 13.1 Å². The number of carbonyl (C=O) groups is 1. The number of sulfonamides is 1. The van der Waals surface area contributed by atoms with E-state index in [4.69, 9.17) is 4.74 Å². The minimum Gasteiger partial charge on any atom is -0.495 e. The largest absolute Gasteiger partial charge is 0.495 e. The van der Waals surface area contributed by atoms with Gasteiger partial charge in [0, 0.05) is 23.1 Å². The lowest BCUT2D eigenvalue weighted by Crippen LogP contribution is -2.40. The maximum Gasteiger partial charge on any atom is 0.251 e. The molecule has 6 nitrogen and oxygen atoms in total. The van der Waals surface area contributed by atoms with E-state index in [2.05, 4.69) is 22.2 Å². The zero-order valence-corrected chi connectivity index (χ0v) is 18.1. The SMILES string of the molecule is COc1ccc(C(=O)NCC2(c3ccccc3)CC2)cc1S(=O)(=O)NC(C)(C)C. The van der Waals surface area contributed by atoms with Gasteiger partial charge in [0.25, 0.3) is 5.91 Å². The fourth-order valence-electron chi connectivity index (χ4n) is 3.35. The number of amides is 1. The summed E-state index contributed by atoms with van der Waals surface area (Å²) in [7, 11) is -2.44. The molecule has 29 heavy (non-hydrogen) atoms. The number of rotatable bonds is 7. The number of nitrogens with one attached hydrogen (secondary N) is 2. The van der Waals surface area contributed by atoms with Crippen LogP contribution in [0.5, 0.6) is 5.75 Å². The molecule has 0 atom stereocenters. The van der Waals surface area contributed by atoms with E-state index < -0.39 is 15.6 Å². The van der Waals surface area contributed by atoms with Gasteiger partial charge in [0.1, 0.15) is 10.6 Å². The second-order valence-corrected chi connectivity index (χ2v) is 10.2. The van der Waals surface area contributed by atoms with Gasteiger partial charge in [-0.3, -0.25) is 4.79 Å². The maximum atomic E-state index is 12.8. The number of hydrogen-bond donors (Lipinski definition) is 2. The first kappa shape index (κ1) is 21.3. The minimum atomic E-state index is -3.85. The quantitative estimate of drug-likeness (QED) is 0.726. The molecule has 2 aromatic rings. The smallest absolute Gasteiger partial charge is 0.251 e. The Bertz CT molecular complexity index is 991. The summed E-state index contributed by atoms with van der Waals surface area (Å²) >= 11 is 0. The third-order valence-electron chi connectivity index (χ3n) is 4.98. The molecule has 3 rings (SSSR count). The van der Waals surface area contributed by atoms with Crippen LogP contribution in [0.1, 0.15) is 49.5 Å². The zero-order valence-electron chi connectivity index (χ0n) is 17.3. The number of methoxy groups -OCH3 is 1. The average molecular weight is 417 g/mol. The van der Waals surface area contributed by atoms with Gasteiger partial charge in [-0.15, -0.1) is 0 Å². The first-order valence-corrected chi connectivity index (χ1v) is 11.1. The summed E-state index contributed by atoms with van der Waals surface area (Å²) in [6, 6.07) is 14.6. The van der Waals surface area contributed by atoms with Crippen LogP contribution in [0.15, 0.2) is 53.4 Å². The van der Waals surface area contributed by atoms with Gasteiger partial charge in [0.05, 0.1) is 7.11 Å². The van der Waals surface area contributed by atoms with Crippen LogP contribution in [0.25, 0.3) is 0 Å². The summed E-state index contributed by atoms with van der Waals surface area (Å²) in [4.78, 5) is 12.7. The molecule has 2 aromatic carbocycles. The Hall–Kier alpha value is -2.38. The molecule has 0 heterocycles. The second kappa shape index (κ2) is 7.80. The maximum absolute atomic E-state index is 12.8. The van der Waals surface area contributed by atoms with E-state index in [1.807, 2.05) is 18.2 Å². The summed E-state index contributed by atoms with van der Waals surface area (Å²) < 4.78 is 33.4. The lowest BCUT2D eigenvalue weighted by Gasteiger charge is -2.21. The molecule has 0 saturated heterocycles. The van der Waals surface area contributed by atoms with E-state index in [9.17, 15) is 13.2 Å². The molecule has 1 aliphatic rings. The lowest BCUT2D eigenvalue weighted by atomic mass is 9.96. The van der Waals surface area contributed by atoms with Crippen LogP contribution in [0.3, 0.4) is 0 Å². The standard InChI is InChI=1S/C22H28N2O4S/c1-21(2,3)24-29(26,27)19-14-16(10-11-18(19)28-4)20(25)23-15-22(12-13-22)17-8-6-5-7-9-17/h5-11,14,24H,12-13,15H2,1-4H3,(H,23,25). The zero-order chi connectivity index (χ0) is 21.3. The van der Waals surface area contributed by atoms with Gasteiger partial charge < -0.3 is 10.1 Å². The van der Waals surface area contributed by atoms with E-state index in [1.165, 1.54) is 24.8 Å². The van der Waals surface area contributed by atoms with Crippen molar-refractivity contribution in [3.63, 3.8) is 0 Å². The highest BCUT2D eigenvalue weighted by Gasteiger charge is 2.44. The van der Waals surface area contributed by atoms with Gasteiger partial charge in [-0.1, -0.05) is 30.3 Å². The van der Waals surface area contributed by atoms with Crippen molar-refractivity contribution in [1.29, 1.82) is 0 Å². The molecule has 1 aliphatic carbocycles. The summed E-state index contributed by atoms with van der Waals surface area (Å²) in [6.07, 6.45) is 2.05. The fourth-order valence-corrected chi connectivity index (χ4v) is 4.96. The van der Waals surface area contributed by atoms with Crippen molar-refractivity contribution >= 4 is 15.9 Å². The predicted octanol–water partition coefficient (Wildman–Crippen LogP) is 3.23. The highest BCUT2D eigenvalue weighted by Crippen LogP contribution is 2.47. The molecular weight excluding hydrogens is 388 g/mol. The monoisotopic (exact) mass is 416 g/mol. The average Bonchev–Trinajstić information content (AvgIpc) is 3.45. The first-order valence-electron chi connectivity index (χ1n) is 9.62. The Kier molecular flexibility index (Phi) is 5.74. The summed E-state index contributed by atoms with van der Waals surface area (Å²) in [5.41, 5.74) is 0.819. The van der Waals surface area contributed by atoms with Crippen molar-refractivity contribution in [1.82, 2.24) is 10.0 Å². The molecule has 0 unspecified atom stereocenters. The van der Waals surface area contributed by atoms with Gasteiger partial charge in [0.2, 0.25) is 10.0 Å². The molecule has 0 aliphatic heterocycles. The molecule has 1 saturated carbocycles. The minimum absolute atomic E-state index is 0.0217. The topological polar surface area (TPSA) is 84.5 Å². The summed E-state index contributed by atoms with van der Waals surface area (Å²) in [5, 5.41) is 2.97. The van der Waals surface area contributed by atoms with E-state index >= 15 is 0 Å². The highest BCUT2D eigenvalue weighted by molar-refractivity contribution is 7.89. The van der Waals surface area contributed by atoms with Crippen LogP contribution in [-0.2, 0) is 15.4 Å². The molecule has 156 valence electrons. The molecule has 1 amide bonds. The Morgan fingerprint density at radius 2 is 1.76 bits per heavy atom. The van der Waals surface area contributed by atoms with E-state index in [1.54, 1.807) is 26.8 Å². The normalized spacial score (nSPS) is 15.6. The van der Waals surface area contributed by atoms with Crippen molar-refractivity contribution < 1.29 is 17.9 Å². The van der Waals surface area contributed by atoms with Gasteiger partial charge in [0.15, 0.2) is 0 Å². The van der Waals surface area contributed by atoms with Crippen molar-refractivity contribution in [3.8, 4) is 5.75 Å². The highest BCUT2D eigenvalue weighted by atomic mass is 32.2. The molecule has 2 N–H and O–H groups in total. The van der Waals surface area contributed by atoms with Crippen LogP contribution < -0.4 is 14.8 Å². The van der Waals surface area contributed by atoms with Crippen LogP contribution in [0.4, 0.5) is 0 Å². The Morgan fingerprint density at radius 1 is 1.10 bits per heavy atom. The predicted molar refractivity (Wildman–Crippen MR) is 113 cm³/mol. The molecule has 1 fully saturated rings. The number of carbonyl (C=O) groups excluding carboxylic acids is 1.